The third kappa shape index (κ3) is 3.72. The first kappa shape index (κ1) is 20.7. The van der Waals surface area contributed by atoms with Crippen molar-refractivity contribution in [3.8, 4) is 11.3 Å². The minimum atomic E-state index is 0.180. The van der Waals surface area contributed by atoms with Gasteiger partial charge in [-0.05, 0) is 61.1 Å². The number of pyridine rings is 1. The van der Waals surface area contributed by atoms with E-state index in [0.29, 0.717) is 0 Å². The summed E-state index contributed by atoms with van der Waals surface area (Å²) in [5.41, 5.74) is 8.76. The maximum absolute atomic E-state index is 2.48. The summed E-state index contributed by atoms with van der Waals surface area (Å²) >= 11 is 0. The van der Waals surface area contributed by atoms with E-state index in [1.165, 1.54) is 33.5 Å². The van der Waals surface area contributed by atoms with E-state index in [1.54, 1.807) is 0 Å². The van der Waals surface area contributed by atoms with E-state index in [-0.39, 0.29) is 10.8 Å². The zero-order valence-corrected chi connectivity index (χ0v) is 18.5. The number of hydrogen-bond acceptors (Lipinski definition) is 0. The van der Waals surface area contributed by atoms with Crippen molar-refractivity contribution >= 4 is 0 Å². The lowest BCUT2D eigenvalue weighted by Gasteiger charge is -2.34. The molecule has 1 heteroatoms. The van der Waals surface area contributed by atoms with Gasteiger partial charge in [-0.25, -0.2) is 4.57 Å². The summed E-state index contributed by atoms with van der Waals surface area (Å²) in [5.74, 6) is 0. The summed E-state index contributed by atoms with van der Waals surface area (Å²) in [6.07, 6.45) is 5.87. The van der Waals surface area contributed by atoms with Crippen molar-refractivity contribution in [1.82, 2.24) is 0 Å². The van der Waals surface area contributed by atoms with E-state index in [0.717, 1.165) is 19.3 Å². The summed E-state index contributed by atoms with van der Waals surface area (Å²) in [4.78, 5) is 0. The molecule has 2 rings (SSSR count). The smallest absolute Gasteiger partial charge is 0.201 e. The normalized spacial score (nSPS) is 12.5. The van der Waals surface area contributed by atoms with Gasteiger partial charge in [-0.2, -0.15) is 0 Å². The van der Waals surface area contributed by atoms with Gasteiger partial charge in [-0.3, -0.25) is 0 Å². The predicted molar refractivity (Wildman–Crippen MR) is 114 cm³/mol. The van der Waals surface area contributed by atoms with Gasteiger partial charge in [0, 0.05) is 17.2 Å². The fourth-order valence-corrected chi connectivity index (χ4v) is 3.88. The number of nitrogens with zero attached hydrogens (tertiary/aromatic N) is 1. The van der Waals surface area contributed by atoms with Crippen LogP contribution in [0.15, 0.2) is 30.5 Å². The van der Waals surface area contributed by atoms with Crippen LogP contribution in [0.25, 0.3) is 11.3 Å². The van der Waals surface area contributed by atoms with Crippen LogP contribution in [-0.2, 0) is 17.9 Å². The van der Waals surface area contributed by atoms with Crippen LogP contribution in [0, 0.1) is 13.8 Å². The molecule has 0 aliphatic rings. The number of hydrogen-bond donors (Lipinski definition) is 0. The summed E-state index contributed by atoms with van der Waals surface area (Å²) in [7, 11) is 2.20. The molecule has 1 aromatic heterocycles. The Hall–Kier alpha value is -1.63. The van der Waals surface area contributed by atoms with Crippen molar-refractivity contribution in [2.24, 2.45) is 7.05 Å². The average molecular weight is 353 g/mol. The van der Waals surface area contributed by atoms with Crippen molar-refractivity contribution in [2.75, 3.05) is 0 Å². The molecule has 0 N–H and O–H groups in total. The fraction of sp³-hybridized carbons (Fsp3) is 0.560. The van der Waals surface area contributed by atoms with Crippen molar-refractivity contribution in [2.45, 2.75) is 85.5 Å². The maximum atomic E-state index is 2.48. The lowest BCUT2D eigenvalue weighted by atomic mass is 9.69. The van der Waals surface area contributed by atoms with Gasteiger partial charge < -0.3 is 0 Å². The van der Waals surface area contributed by atoms with E-state index in [1.807, 2.05) is 0 Å². The second-order valence-corrected chi connectivity index (χ2v) is 8.92. The molecule has 0 radical (unpaired) electrons. The average Bonchev–Trinajstić information content (AvgIpc) is 2.61. The summed E-state index contributed by atoms with van der Waals surface area (Å²) in [6.45, 7) is 18.6. The maximum Gasteiger partial charge on any atom is 0.212 e. The molecular weight excluding hydrogens is 314 g/mol. The Labute approximate surface area is 161 Å². The molecule has 0 unspecified atom stereocenters. The zero-order valence-electron chi connectivity index (χ0n) is 18.5. The van der Waals surface area contributed by atoms with Crippen molar-refractivity contribution in [3.63, 3.8) is 0 Å². The molecule has 0 spiro atoms. The Morgan fingerprint density at radius 1 is 0.846 bits per heavy atom. The molecule has 0 amide bonds. The summed E-state index contributed by atoms with van der Waals surface area (Å²) in [5, 5.41) is 0. The SMILES string of the molecule is CCC(C)(C)c1c[n+](C)c(-c2ccc(C)cc2C)cc1C(C)(CC)CC. The Morgan fingerprint density at radius 3 is 1.96 bits per heavy atom. The first-order valence-electron chi connectivity index (χ1n) is 10.2. The molecule has 0 fully saturated rings. The highest BCUT2D eigenvalue weighted by Gasteiger charge is 2.34. The van der Waals surface area contributed by atoms with Crippen LogP contribution in [0.3, 0.4) is 0 Å². The molecule has 26 heavy (non-hydrogen) atoms. The molecule has 1 nitrogen and oxygen atoms in total. The highest BCUT2D eigenvalue weighted by Crippen LogP contribution is 2.40. The van der Waals surface area contributed by atoms with Gasteiger partial charge in [0.2, 0.25) is 5.69 Å². The van der Waals surface area contributed by atoms with E-state index >= 15 is 0 Å². The molecule has 0 aliphatic heterocycles. The van der Waals surface area contributed by atoms with E-state index in [4.69, 9.17) is 0 Å². The highest BCUT2D eigenvalue weighted by molar-refractivity contribution is 5.63. The molecule has 0 saturated heterocycles. The summed E-state index contributed by atoms with van der Waals surface area (Å²) in [6, 6.07) is 9.28. The Kier molecular flexibility index (Phi) is 6.00. The highest BCUT2D eigenvalue weighted by atomic mass is 14.9. The molecule has 142 valence electrons. The van der Waals surface area contributed by atoms with Crippen LogP contribution in [0.5, 0.6) is 0 Å². The molecular formula is C25H38N+. The largest absolute Gasteiger partial charge is 0.212 e. The fourth-order valence-electron chi connectivity index (χ4n) is 3.88. The minimum absolute atomic E-state index is 0.180. The lowest BCUT2D eigenvalue weighted by Crippen LogP contribution is -2.37. The van der Waals surface area contributed by atoms with Gasteiger partial charge in [0.05, 0.1) is 0 Å². The lowest BCUT2D eigenvalue weighted by molar-refractivity contribution is -0.661. The van der Waals surface area contributed by atoms with Crippen LogP contribution in [0.4, 0.5) is 0 Å². The van der Waals surface area contributed by atoms with Gasteiger partial charge in [-0.15, -0.1) is 0 Å². The molecule has 0 bridgehead atoms. The van der Waals surface area contributed by atoms with Crippen molar-refractivity contribution in [3.05, 3.63) is 52.7 Å². The van der Waals surface area contributed by atoms with E-state index in [2.05, 4.69) is 97.5 Å². The topological polar surface area (TPSA) is 3.88 Å². The van der Waals surface area contributed by atoms with Gasteiger partial charge in [0.1, 0.15) is 7.05 Å². The van der Waals surface area contributed by atoms with Gasteiger partial charge in [-0.1, -0.05) is 59.2 Å². The Morgan fingerprint density at radius 2 is 1.46 bits per heavy atom. The third-order valence-corrected chi connectivity index (χ3v) is 6.76. The number of rotatable bonds is 6. The van der Waals surface area contributed by atoms with Crippen LogP contribution in [0.2, 0.25) is 0 Å². The minimum Gasteiger partial charge on any atom is -0.201 e. The molecule has 1 aromatic carbocycles. The first-order valence-corrected chi connectivity index (χ1v) is 10.2. The molecule has 0 saturated carbocycles. The second-order valence-electron chi connectivity index (χ2n) is 8.92. The first-order chi connectivity index (χ1) is 12.1. The quantitative estimate of drug-likeness (QED) is 0.518. The number of aromatic nitrogens is 1. The molecule has 1 heterocycles. The Balaban J connectivity index is 2.82. The number of benzene rings is 1. The van der Waals surface area contributed by atoms with Crippen LogP contribution >= 0.6 is 0 Å². The van der Waals surface area contributed by atoms with Crippen LogP contribution in [-0.4, -0.2) is 0 Å². The zero-order chi connectivity index (χ0) is 19.7. The summed E-state index contributed by atoms with van der Waals surface area (Å²) < 4.78 is 2.33. The van der Waals surface area contributed by atoms with Crippen molar-refractivity contribution in [1.29, 1.82) is 0 Å². The standard InChI is InChI=1S/C25H38N/c1-10-24(6,7)22-17-26(9)23(16-21(22)25(8,11-2)12-3)20-14-13-18(4)15-19(20)5/h13-17H,10-12H2,1-9H3/q+1. The Bertz CT molecular complexity index is 779. The van der Waals surface area contributed by atoms with Crippen LogP contribution < -0.4 is 4.57 Å². The van der Waals surface area contributed by atoms with Gasteiger partial charge >= 0.3 is 0 Å². The molecule has 2 aromatic rings. The van der Waals surface area contributed by atoms with Crippen molar-refractivity contribution < 1.29 is 4.57 Å². The van der Waals surface area contributed by atoms with E-state index < -0.39 is 0 Å². The second kappa shape index (κ2) is 7.55. The van der Waals surface area contributed by atoms with Crippen LogP contribution in [0.1, 0.15) is 83.1 Å². The number of aryl methyl sites for hydroxylation is 3. The van der Waals surface area contributed by atoms with E-state index in [9.17, 15) is 0 Å². The third-order valence-electron chi connectivity index (χ3n) is 6.76. The predicted octanol–water partition coefficient (Wildman–Crippen LogP) is 6.56. The molecule has 0 aliphatic carbocycles. The van der Waals surface area contributed by atoms with Gasteiger partial charge in [0.15, 0.2) is 6.20 Å². The van der Waals surface area contributed by atoms with Gasteiger partial charge in [0.25, 0.3) is 0 Å². The molecule has 0 atom stereocenters. The monoisotopic (exact) mass is 352 g/mol.